The number of H-pyrrole nitrogens is 1. The first-order chi connectivity index (χ1) is 15.7. The summed E-state index contributed by atoms with van der Waals surface area (Å²) >= 11 is 1.71. The highest BCUT2D eigenvalue weighted by Crippen LogP contribution is 2.57. The molecule has 0 radical (unpaired) electrons. The van der Waals surface area contributed by atoms with E-state index >= 15 is 0 Å². The van der Waals surface area contributed by atoms with Crippen molar-refractivity contribution >= 4 is 35.1 Å². The minimum Gasteiger partial charge on any atom is -0.461 e. The summed E-state index contributed by atoms with van der Waals surface area (Å²) in [5, 5.41) is 1.04. The molecule has 2 aliphatic rings. The monoisotopic (exact) mass is 444 g/mol. The van der Waals surface area contributed by atoms with E-state index in [-0.39, 0.29) is 5.25 Å². The normalized spacial score (nSPS) is 18.9. The van der Waals surface area contributed by atoms with Crippen molar-refractivity contribution in [3.8, 4) is 0 Å². The number of carbonyl (C=O) groups is 1. The molecule has 0 bridgehead atoms. The fourth-order valence-corrected chi connectivity index (χ4v) is 5.90. The van der Waals surface area contributed by atoms with Crippen LogP contribution in [0.3, 0.4) is 0 Å². The van der Waals surface area contributed by atoms with E-state index in [0.29, 0.717) is 18.0 Å². The molecule has 1 aliphatic heterocycles. The van der Waals surface area contributed by atoms with Crippen molar-refractivity contribution in [2.24, 2.45) is 0 Å². The van der Waals surface area contributed by atoms with Gasteiger partial charge in [-0.1, -0.05) is 17.8 Å². The van der Waals surface area contributed by atoms with E-state index in [4.69, 9.17) is 10.5 Å². The quantitative estimate of drug-likeness (QED) is 0.521. The number of nitrogens with one attached hydrogen (secondary N) is 1. The van der Waals surface area contributed by atoms with E-state index in [1.165, 1.54) is 16.7 Å². The molecular weight excluding hydrogens is 420 g/mol. The molecule has 1 unspecified atom stereocenters. The number of aromatic amines is 1. The van der Waals surface area contributed by atoms with Crippen LogP contribution in [0, 0.1) is 0 Å². The Morgan fingerprint density at radius 2 is 1.91 bits per heavy atom. The van der Waals surface area contributed by atoms with E-state index in [1.54, 1.807) is 31.1 Å². The van der Waals surface area contributed by atoms with Crippen LogP contribution >= 0.6 is 11.8 Å². The van der Waals surface area contributed by atoms with E-state index in [1.807, 2.05) is 24.5 Å². The van der Waals surface area contributed by atoms with Crippen molar-refractivity contribution in [3.05, 3.63) is 82.6 Å². The molecule has 0 spiro atoms. The molecule has 0 aromatic carbocycles. The van der Waals surface area contributed by atoms with Gasteiger partial charge in [0.15, 0.2) is 0 Å². The lowest BCUT2D eigenvalue weighted by molar-refractivity contribution is 0.0521. The van der Waals surface area contributed by atoms with E-state index in [2.05, 4.69) is 33.2 Å². The first-order valence-corrected chi connectivity index (χ1v) is 11.6. The molecule has 0 saturated heterocycles. The lowest BCUT2D eigenvalue weighted by Gasteiger charge is -2.33. The van der Waals surface area contributed by atoms with Gasteiger partial charge in [0.1, 0.15) is 5.69 Å². The number of ether oxygens (including phenoxy) is 1. The number of hydrogen-bond acceptors (Lipinski definition) is 6. The molecule has 0 amide bonds. The van der Waals surface area contributed by atoms with E-state index < -0.39 is 5.97 Å². The smallest absolute Gasteiger partial charge is 0.356 e. The fourth-order valence-electron chi connectivity index (χ4n) is 4.50. The Labute approximate surface area is 191 Å². The maximum atomic E-state index is 12.6. The molecule has 0 fully saturated rings. The number of esters is 1. The van der Waals surface area contributed by atoms with E-state index in [0.717, 1.165) is 41.0 Å². The summed E-state index contributed by atoms with van der Waals surface area (Å²) in [6, 6.07) is 8.13. The summed E-state index contributed by atoms with van der Waals surface area (Å²) in [6.07, 6.45) is 12.5. The average Bonchev–Trinajstić information content (AvgIpc) is 3.16. The predicted molar refractivity (Wildman–Crippen MR) is 127 cm³/mol. The van der Waals surface area contributed by atoms with Gasteiger partial charge in [-0.15, -0.1) is 0 Å². The highest BCUT2D eigenvalue weighted by Gasteiger charge is 2.37. The minimum atomic E-state index is -0.418. The van der Waals surface area contributed by atoms with Crippen LogP contribution in [0.2, 0.25) is 0 Å². The molecule has 7 heteroatoms. The standard InChI is InChI=1S/C25H24N4O2S/c1-2-31-25(30)22-21(26)20-19-17(14-15-6-10-27-11-7-15)4-3-5-18(19)23(32-24(20)29-22)16-8-12-28-13-9-16/h6-14,23,29H,2-5,26H2,1H3/b17-14+. The van der Waals surface area contributed by atoms with Gasteiger partial charge < -0.3 is 15.5 Å². The van der Waals surface area contributed by atoms with Crippen molar-refractivity contribution in [3.63, 3.8) is 0 Å². The molecule has 3 N–H and O–H groups in total. The zero-order valence-electron chi connectivity index (χ0n) is 17.8. The van der Waals surface area contributed by atoms with Crippen LogP contribution in [0.15, 0.2) is 65.2 Å². The zero-order chi connectivity index (χ0) is 22.1. The van der Waals surface area contributed by atoms with E-state index in [9.17, 15) is 4.79 Å². The molecule has 5 rings (SSSR count). The first-order valence-electron chi connectivity index (χ1n) is 10.8. The topological polar surface area (TPSA) is 93.9 Å². The summed E-state index contributed by atoms with van der Waals surface area (Å²) in [6.45, 7) is 2.10. The van der Waals surface area contributed by atoms with Gasteiger partial charge in [0.25, 0.3) is 0 Å². The van der Waals surface area contributed by atoms with Crippen molar-refractivity contribution in [1.82, 2.24) is 15.0 Å². The Morgan fingerprint density at radius 3 is 2.62 bits per heavy atom. The summed E-state index contributed by atoms with van der Waals surface area (Å²) in [7, 11) is 0. The number of nitrogens with two attached hydrogens (primary N) is 1. The molecule has 162 valence electrons. The fraction of sp³-hybridized carbons (Fsp3) is 0.240. The summed E-state index contributed by atoms with van der Waals surface area (Å²) in [5.74, 6) is -0.418. The molecule has 4 heterocycles. The Morgan fingerprint density at radius 1 is 1.19 bits per heavy atom. The molecule has 3 aromatic heterocycles. The van der Waals surface area contributed by atoms with Gasteiger partial charge in [-0.3, -0.25) is 9.97 Å². The number of thioether (sulfide) groups is 1. The summed E-state index contributed by atoms with van der Waals surface area (Å²) in [5.41, 5.74) is 14.3. The third-order valence-electron chi connectivity index (χ3n) is 5.88. The van der Waals surface area contributed by atoms with Crippen LogP contribution in [0.4, 0.5) is 5.69 Å². The summed E-state index contributed by atoms with van der Waals surface area (Å²) in [4.78, 5) is 24.2. The highest BCUT2D eigenvalue weighted by molar-refractivity contribution is 7.99. The zero-order valence-corrected chi connectivity index (χ0v) is 18.6. The number of rotatable bonds is 4. The second-order valence-corrected chi connectivity index (χ2v) is 8.94. The van der Waals surface area contributed by atoms with Crippen LogP contribution < -0.4 is 5.73 Å². The maximum Gasteiger partial charge on any atom is 0.356 e. The lowest BCUT2D eigenvalue weighted by Crippen LogP contribution is -2.14. The second kappa shape index (κ2) is 8.67. The van der Waals surface area contributed by atoms with Crippen LogP contribution in [0.1, 0.15) is 58.6 Å². The Hall–Kier alpha value is -3.32. The number of allylic oxidation sites excluding steroid dienone is 2. The predicted octanol–water partition coefficient (Wildman–Crippen LogP) is 5.43. The number of aromatic nitrogens is 3. The highest BCUT2D eigenvalue weighted by atomic mass is 32.2. The van der Waals surface area contributed by atoms with Gasteiger partial charge in [-0.2, -0.15) is 0 Å². The number of fused-ring (bicyclic) bond motifs is 2. The minimum absolute atomic E-state index is 0.134. The van der Waals surface area contributed by atoms with Gasteiger partial charge >= 0.3 is 5.97 Å². The van der Waals surface area contributed by atoms with Gasteiger partial charge in [0.05, 0.1) is 22.6 Å². The van der Waals surface area contributed by atoms with Crippen molar-refractivity contribution < 1.29 is 9.53 Å². The third kappa shape index (κ3) is 3.62. The summed E-state index contributed by atoms with van der Waals surface area (Å²) < 4.78 is 5.25. The third-order valence-corrected chi connectivity index (χ3v) is 7.21. The van der Waals surface area contributed by atoms with Gasteiger partial charge in [-0.25, -0.2) is 4.79 Å². The van der Waals surface area contributed by atoms with Gasteiger partial charge in [0.2, 0.25) is 0 Å². The van der Waals surface area contributed by atoms with Crippen LogP contribution in [0.5, 0.6) is 0 Å². The number of carbonyl (C=O) groups excluding carboxylic acids is 1. The van der Waals surface area contributed by atoms with Gasteiger partial charge in [0, 0.05) is 30.4 Å². The average molecular weight is 445 g/mol. The van der Waals surface area contributed by atoms with Crippen molar-refractivity contribution in [2.45, 2.75) is 36.5 Å². The van der Waals surface area contributed by atoms with Gasteiger partial charge in [-0.05, 0) is 78.3 Å². The van der Waals surface area contributed by atoms with Crippen molar-refractivity contribution in [1.29, 1.82) is 0 Å². The molecule has 0 saturated carbocycles. The number of hydrogen-bond donors (Lipinski definition) is 2. The first kappa shape index (κ1) is 20.6. The second-order valence-electron chi connectivity index (χ2n) is 7.82. The number of nitrogen functional groups attached to an aromatic ring is 1. The molecule has 1 atom stereocenters. The lowest BCUT2D eigenvalue weighted by atomic mass is 9.80. The number of pyridine rings is 2. The molecule has 1 aliphatic carbocycles. The molecular formula is C25H24N4O2S. The maximum absolute atomic E-state index is 12.6. The largest absolute Gasteiger partial charge is 0.461 e. The Bertz CT molecular complexity index is 1220. The SMILES string of the molecule is CCOC(=O)c1[nH]c2c(c1N)C1=C(CCC/C1=C\c1ccncc1)C(c1ccncc1)S2. The molecule has 6 nitrogen and oxygen atoms in total. The Kier molecular flexibility index (Phi) is 5.57. The van der Waals surface area contributed by atoms with Crippen LogP contribution in [-0.4, -0.2) is 27.5 Å². The van der Waals surface area contributed by atoms with Crippen molar-refractivity contribution in [2.75, 3.05) is 12.3 Å². The Balaban J connectivity index is 1.71. The molecule has 32 heavy (non-hydrogen) atoms. The number of nitrogens with zero attached hydrogens (tertiary/aromatic N) is 2. The number of anilines is 1. The van der Waals surface area contributed by atoms with Crippen LogP contribution in [-0.2, 0) is 4.74 Å². The van der Waals surface area contributed by atoms with Crippen LogP contribution in [0.25, 0.3) is 11.6 Å². The molecule has 3 aromatic rings.